The predicted molar refractivity (Wildman–Crippen MR) is 85.8 cm³/mol. The molecule has 2 aliphatic heterocycles. The van der Waals surface area contributed by atoms with Crippen LogP contribution in [0, 0.1) is 0 Å². The fourth-order valence-electron chi connectivity index (χ4n) is 0.913. The molecule has 2 heterocycles. The SMILES string of the molecule is C=C[SiH]1O[SiH2]O[SiH2]O[SiH2]O1.O1[SiH2]O[SiH2]O[SiH2]O[SiH2]1. The van der Waals surface area contributed by atoms with E-state index in [0.29, 0.717) is 0 Å². The Bertz CT molecular complexity index is 176. The van der Waals surface area contributed by atoms with Gasteiger partial charge in [0, 0.05) is 0 Å². The Balaban J connectivity index is 0.000000184. The van der Waals surface area contributed by atoms with Crippen LogP contribution in [-0.2, 0) is 32.9 Å². The first-order valence-corrected chi connectivity index (χ1v) is 14.9. The zero-order valence-electron chi connectivity index (χ0n) is 10.1. The standard InChI is InChI=1S/C2H10O4Si4.H8O4Si4/c1-2-10-5-8-3-7-4-9-6-10;1-5-2-7-4-8-3-6-1/h2,10H,1,7-9H2;5-8H2. The monoisotopic (exact) mass is 394 g/mol. The molecule has 16 heteroatoms. The summed E-state index contributed by atoms with van der Waals surface area (Å²) in [6.07, 6.45) is 0. The third-order valence-corrected chi connectivity index (χ3v) is 13.8. The highest BCUT2D eigenvalue weighted by Gasteiger charge is 2.10. The molecule has 106 valence electrons. The van der Waals surface area contributed by atoms with Crippen LogP contribution in [-0.4, -0.2) is 79.3 Å². The van der Waals surface area contributed by atoms with Crippen LogP contribution in [0.1, 0.15) is 0 Å². The summed E-state index contributed by atoms with van der Waals surface area (Å²) in [7, 11) is -6.41. The van der Waals surface area contributed by atoms with Crippen LogP contribution in [0.5, 0.6) is 0 Å². The van der Waals surface area contributed by atoms with Gasteiger partial charge in [0.15, 0.2) is 0 Å². The van der Waals surface area contributed by atoms with Gasteiger partial charge in [-0.3, -0.25) is 0 Å². The minimum Gasteiger partial charge on any atom is -0.425 e. The Labute approximate surface area is 124 Å². The second kappa shape index (κ2) is 13.2. The second-order valence-electron chi connectivity index (χ2n) is 2.99. The highest BCUT2D eigenvalue weighted by molar-refractivity contribution is 6.63. The predicted octanol–water partition coefficient (Wildman–Crippen LogP) is -6.93. The van der Waals surface area contributed by atoms with Gasteiger partial charge in [0.2, 0.25) is 0 Å². The van der Waals surface area contributed by atoms with Crippen molar-refractivity contribution in [3.63, 3.8) is 0 Å². The summed E-state index contributed by atoms with van der Waals surface area (Å²) in [5, 5.41) is 0. The lowest BCUT2D eigenvalue weighted by Gasteiger charge is -2.17. The normalized spacial score (nSPS) is 35.9. The minimum atomic E-state index is -1.52. The number of hydrogen-bond donors (Lipinski definition) is 0. The van der Waals surface area contributed by atoms with E-state index >= 15 is 0 Å². The van der Waals surface area contributed by atoms with Gasteiger partial charge < -0.3 is 32.9 Å². The van der Waals surface area contributed by atoms with Gasteiger partial charge in [0.25, 0.3) is 70.0 Å². The Hall–Kier alpha value is 1.16. The fraction of sp³-hybridized carbons (Fsp3) is 0. The van der Waals surface area contributed by atoms with Crippen molar-refractivity contribution in [3.05, 3.63) is 12.3 Å². The number of hydrogen-bond acceptors (Lipinski definition) is 8. The lowest BCUT2D eigenvalue weighted by molar-refractivity contribution is 0.336. The molecule has 8 nitrogen and oxygen atoms in total. The molecular weight excluding hydrogens is 377 g/mol. The molecule has 0 aliphatic carbocycles. The zero-order chi connectivity index (χ0) is 12.9. The highest BCUT2D eigenvalue weighted by Crippen LogP contribution is 1.91. The first-order chi connectivity index (χ1) is 8.93. The van der Waals surface area contributed by atoms with Gasteiger partial charge in [-0.15, -0.1) is 6.58 Å². The maximum atomic E-state index is 5.34. The van der Waals surface area contributed by atoms with Gasteiger partial charge >= 0.3 is 9.28 Å². The summed E-state index contributed by atoms with van der Waals surface area (Å²) in [5.41, 5.74) is 1.76. The van der Waals surface area contributed by atoms with E-state index in [1.54, 1.807) is 5.70 Å². The van der Waals surface area contributed by atoms with Crippen LogP contribution in [0.25, 0.3) is 0 Å². The molecule has 2 fully saturated rings. The molecule has 0 aromatic rings. The van der Waals surface area contributed by atoms with E-state index in [9.17, 15) is 0 Å². The summed E-state index contributed by atoms with van der Waals surface area (Å²) < 4.78 is 41.4. The van der Waals surface area contributed by atoms with Gasteiger partial charge in [-0.2, -0.15) is 0 Å². The molecule has 18 heavy (non-hydrogen) atoms. The average Bonchev–Trinajstić information content (AvgIpc) is 2.28. The zero-order valence-corrected chi connectivity index (χ0v) is 21.1. The van der Waals surface area contributed by atoms with Crippen LogP contribution < -0.4 is 0 Å². The topological polar surface area (TPSA) is 73.8 Å². The summed E-state index contributed by atoms with van der Waals surface area (Å²) in [5.74, 6) is 0. The molecule has 0 unspecified atom stereocenters. The van der Waals surface area contributed by atoms with Gasteiger partial charge in [0.05, 0.1) is 0 Å². The average molecular weight is 395 g/mol. The molecule has 2 saturated heterocycles. The molecule has 0 aromatic heterocycles. The van der Waals surface area contributed by atoms with Crippen molar-refractivity contribution >= 4 is 79.3 Å². The summed E-state index contributed by atoms with van der Waals surface area (Å²) in [4.78, 5) is 0. The van der Waals surface area contributed by atoms with E-state index in [1.807, 2.05) is 0 Å². The van der Waals surface area contributed by atoms with Gasteiger partial charge in [-0.05, 0) is 0 Å². The van der Waals surface area contributed by atoms with E-state index in [1.165, 1.54) is 0 Å². The molecule has 0 aromatic carbocycles. The molecule has 0 saturated carbocycles. The smallest absolute Gasteiger partial charge is 0.329 e. The van der Waals surface area contributed by atoms with Crippen molar-refractivity contribution in [1.82, 2.24) is 0 Å². The quantitative estimate of drug-likeness (QED) is 0.406. The third-order valence-electron chi connectivity index (χ3n) is 1.66. The van der Waals surface area contributed by atoms with Crippen LogP contribution in [0.3, 0.4) is 0 Å². The van der Waals surface area contributed by atoms with Crippen molar-refractivity contribution < 1.29 is 32.9 Å². The minimum absolute atomic E-state index is 0.653. The Kier molecular flexibility index (Phi) is 12.6. The lowest BCUT2D eigenvalue weighted by Crippen LogP contribution is -2.31. The number of rotatable bonds is 1. The Morgan fingerprint density at radius 1 is 0.611 bits per heavy atom. The van der Waals surface area contributed by atoms with Crippen LogP contribution >= 0.6 is 0 Å². The van der Waals surface area contributed by atoms with E-state index in [-0.39, 0.29) is 0 Å². The molecular formula is C2H18O8Si8. The largest absolute Gasteiger partial charge is 0.425 e. The van der Waals surface area contributed by atoms with Crippen molar-refractivity contribution in [1.29, 1.82) is 0 Å². The van der Waals surface area contributed by atoms with E-state index in [4.69, 9.17) is 32.9 Å². The van der Waals surface area contributed by atoms with E-state index in [2.05, 4.69) is 6.58 Å². The van der Waals surface area contributed by atoms with Crippen LogP contribution in [0.2, 0.25) is 0 Å². The van der Waals surface area contributed by atoms with E-state index < -0.39 is 79.3 Å². The Morgan fingerprint density at radius 2 is 0.944 bits per heavy atom. The lowest BCUT2D eigenvalue weighted by atomic mass is 11.3. The summed E-state index contributed by atoms with van der Waals surface area (Å²) in [6, 6.07) is 0. The molecule has 0 radical (unpaired) electrons. The highest BCUT2D eigenvalue weighted by atomic mass is 28.4. The van der Waals surface area contributed by atoms with Crippen molar-refractivity contribution in [2.75, 3.05) is 0 Å². The maximum Gasteiger partial charge on any atom is 0.329 e. The second-order valence-corrected chi connectivity index (χ2v) is 18.3. The van der Waals surface area contributed by atoms with Crippen molar-refractivity contribution in [2.45, 2.75) is 0 Å². The molecule has 0 spiro atoms. The summed E-state index contributed by atoms with van der Waals surface area (Å²) in [6.45, 7) is 3.61. The first-order valence-electron chi connectivity index (χ1n) is 5.25. The van der Waals surface area contributed by atoms with Gasteiger partial charge in [-0.25, -0.2) is 0 Å². The van der Waals surface area contributed by atoms with Crippen molar-refractivity contribution in [2.24, 2.45) is 0 Å². The molecule has 2 rings (SSSR count). The summed E-state index contributed by atoms with van der Waals surface area (Å²) >= 11 is 0. The molecule has 0 amide bonds. The van der Waals surface area contributed by atoms with Crippen LogP contribution in [0.15, 0.2) is 12.3 Å². The first kappa shape index (κ1) is 17.2. The molecule has 0 atom stereocenters. The van der Waals surface area contributed by atoms with Crippen LogP contribution in [0.4, 0.5) is 0 Å². The molecule has 0 N–H and O–H groups in total. The molecule has 0 bridgehead atoms. The van der Waals surface area contributed by atoms with Crippen molar-refractivity contribution in [3.8, 4) is 0 Å². The van der Waals surface area contributed by atoms with Gasteiger partial charge in [0.1, 0.15) is 0 Å². The van der Waals surface area contributed by atoms with Gasteiger partial charge in [-0.1, -0.05) is 5.70 Å². The Morgan fingerprint density at radius 3 is 1.28 bits per heavy atom. The van der Waals surface area contributed by atoms with E-state index in [0.717, 1.165) is 0 Å². The third kappa shape index (κ3) is 10.0. The maximum absolute atomic E-state index is 5.34. The molecule has 2 aliphatic rings. The fourth-order valence-corrected chi connectivity index (χ4v) is 16.1.